The molecule has 0 saturated carbocycles. The van der Waals surface area contributed by atoms with Crippen LogP contribution in [0.5, 0.6) is 0 Å². The topological polar surface area (TPSA) is 20.2 Å². The van der Waals surface area contributed by atoms with Gasteiger partial charge in [0.15, 0.2) is 0 Å². The van der Waals surface area contributed by atoms with E-state index in [0.29, 0.717) is 0 Å². The van der Waals surface area contributed by atoms with Crippen LogP contribution in [0, 0.1) is 0 Å². The van der Waals surface area contributed by atoms with Crippen molar-refractivity contribution in [3.05, 3.63) is 0 Å². The summed E-state index contributed by atoms with van der Waals surface area (Å²) in [6, 6.07) is 0. The van der Waals surface area contributed by atoms with Gasteiger partial charge in [0.25, 0.3) is 0 Å². The van der Waals surface area contributed by atoms with Crippen molar-refractivity contribution in [3.8, 4) is 0 Å². The van der Waals surface area contributed by atoms with Crippen molar-refractivity contribution in [3.63, 3.8) is 0 Å². The van der Waals surface area contributed by atoms with Gasteiger partial charge in [-0.15, -0.1) is 0 Å². The standard InChI is InChI=1S/C2H6O.Cs.H/c1-2-3;;/h3H,2H2,1H3;;. The summed E-state index contributed by atoms with van der Waals surface area (Å²) in [6.45, 7) is 1.93. The summed E-state index contributed by atoms with van der Waals surface area (Å²) in [7, 11) is 0. The van der Waals surface area contributed by atoms with Gasteiger partial charge in [0.1, 0.15) is 0 Å². The average Bonchev–Trinajstić information content (AvgIpc) is 0.918. The van der Waals surface area contributed by atoms with Gasteiger partial charge in [-0.05, 0) is 6.92 Å². The van der Waals surface area contributed by atoms with E-state index in [1.54, 1.807) is 6.92 Å². The molecular weight excluding hydrogens is 173 g/mol. The zero-order valence-electron chi connectivity index (χ0n) is 2.15. The molecule has 0 unspecified atom stereocenters. The molecule has 0 radical (unpaired) electrons. The summed E-state index contributed by atoms with van der Waals surface area (Å²) in [4.78, 5) is 0. The molecular formula is C2H7CsO. The first-order chi connectivity index (χ1) is 1.41. The summed E-state index contributed by atoms with van der Waals surface area (Å²) in [6.07, 6.45) is 0. The Kier molecular flexibility index (Phi) is 20.9. The molecule has 0 saturated heterocycles. The average molecular weight is 180 g/mol. The molecule has 0 aromatic heterocycles. The Morgan fingerprint density at radius 1 is 1.75 bits per heavy atom. The second-order valence-corrected chi connectivity index (χ2v) is 0.316. The molecule has 0 rings (SSSR count). The van der Waals surface area contributed by atoms with Gasteiger partial charge >= 0.3 is 68.9 Å². The van der Waals surface area contributed by atoms with Crippen molar-refractivity contribution in [1.29, 1.82) is 0 Å². The molecule has 1 N–H and O–H groups in total. The van der Waals surface area contributed by atoms with Crippen molar-refractivity contribution < 1.29 is 5.11 Å². The molecule has 0 aliphatic rings. The molecule has 0 fully saturated rings. The molecule has 0 atom stereocenters. The Hall–Kier alpha value is 2.01. The first kappa shape index (κ1) is 9.38. The van der Waals surface area contributed by atoms with Crippen LogP contribution in [0.25, 0.3) is 0 Å². The zero-order chi connectivity index (χ0) is 2.71. The van der Waals surface area contributed by atoms with Gasteiger partial charge in [0, 0.05) is 6.61 Å². The van der Waals surface area contributed by atoms with Gasteiger partial charge in [-0.2, -0.15) is 0 Å². The first-order valence-electron chi connectivity index (χ1n) is 1.02. The van der Waals surface area contributed by atoms with E-state index in [1.165, 1.54) is 0 Å². The fraction of sp³-hybridized carbons (Fsp3) is 1.00. The van der Waals surface area contributed by atoms with E-state index in [9.17, 15) is 0 Å². The van der Waals surface area contributed by atoms with Crippen LogP contribution in [0.15, 0.2) is 0 Å². The zero-order valence-corrected chi connectivity index (χ0v) is 2.15. The monoisotopic (exact) mass is 180 g/mol. The van der Waals surface area contributed by atoms with Gasteiger partial charge in [0.2, 0.25) is 0 Å². The summed E-state index contributed by atoms with van der Waals surface area (Å²) >= 11 is 0. The fourth-order valence-corrected chi connectivity index (χ4v) is 0. The van der Waals surface area contributed by atoms with E-state index < -0.39 is 0 Å². The van der Waals surface area contributed by atoms with E-state index in [2.05, 4.69) is 0 Å². The Morgan fingerprint density at radius 3 is 1.75 bits per heavy atom. The van der Waals surface area contributed by atoms with Crippen LogP contribution in [-0.4, -0.2) is 80.6 Å². The Morgan fingerprint density at radius 2 is 1.75 bits per heavy atom. The summed E-state index contributed by atoms with van der Waals surface area (Å²) < 4.78 is 0. The van der Waals surface area contributed by atoms with Crippen LogP contribution in [0.2, 0.25) is 0 Å². The van der Waals surface area contributed by atoms with Gasteiger partial charge in [0.05, 0.1) is 0 Å². The van der Waals surface area contributed by atoms with Crippen LogP contribution >= 0.6 is 0 Å². The molecule has 2 heteroatoms. The molecule has 0 spiro atoms. The van der Waals surface area contributed by atoms with Crippen LogP contribution in [-0.2, 0) is 0 Å². The van der Waals surface area contributed by atoms with E-state index in [-0.39, 0.29) is 75.5 Å². The molecule has 0 aromatic rings. The van der Waals surface area contributed by atoms with Gasteiger partial charge in [-0.25, -0.2) is 0 Å². The molecule has 1 nitrogen and oxygen atoms in total. The maximum absolute atomic E-state index is 7.57. The first-order valence-corrected chi connectivity index (χ1v) is 1.02. The molecule has 0 heterocycles. The summed E-state index contributed by atoms with van der Waals surface area (Å²) in [5.74, 6) is 0. The predicted molar refractivity (Wildman–Crippen MR) is 19.9 cm³/mol. The summed E-state index contributed by atoms with van der Waals surface area (Å²) in [5, 5.41) is 7.57. The van der Waals surface area contributed by atoms with Gasteiger partial charge in [-0.3, -0.25) is 0 Å². The summed E-state index contributed by atoms with van der Waals surface area (Å²) in [5.41, 5.74) is 0. The van der Waals surface area contributed by atoms with Crippen LogP contribution < -0.4 is 0 Å². The predicted octanol–water partition coefficient (Wildman–Crippen LogP) is -0.650. The molecule has 0 aliphatic heterocycles. The third-order valence-corrected chi connectivity index (χ3v) is 0. The van der Waals surface area contributed by atoms with E-state index >= 15 is 0 Å². The molecule has 0 bridgehead atoms. The molecule has 0 amide bonds. The Balaban J connectivity index is 0. The van der Waals surface area contributed by atoms with Crippen molar-refractivity contribution in [1.82, 2.24) is 0 Å². The van der Waals surface area contributed by atoms with Crippen LogP contribution in [0.4, 0.5) is 0 Å². The second kappa shape index (κ2) is 8.89. The van der Waals surface area contributed by atoms with Gasteiger partial charge in [-0.1, -0.05) is 0 Å². The van der Waals surface area contributed by atoms with E-state index in [0.717, 1.165) is 0 Å². The maximum atomic E-state index is 7.57. The van der Waals surface area contributed by atoms with Crippen molar-refractivity contribution >= 4 is 68.9 Å². The third-order valence-electron chi connectivity index (χ3n) is 0. The van der Waals surface area contributed by atoms with E-state index in [1.807, 2.05) is 0 Å². The van der Waals surface area contributed by atoms with Crippen molar-refractivity contribution in [2.24, 2.45) is 0 Å². The number of hydrogen-bond donors (Lipinski definition) is 1. The van der Waals surface area contributed by atoms with E-state index in [4.69, 9.17) is 5.11 Å². The van der Waals surface area contributed by atoms with Gasteiger partial charge < -0.3 is 5.11 Å². The van der Waals surface area contributed by atoms with Crippen LogP contribution in [0.1, 0.15) is 6.92 Å². The second-order valence-electron chi connectivity index (χ2n) is 0.316. The van der Waals surface area contributed by atoms with Crippen LogP contribution in [0.3, 0.4) is 0 Å². The molecule has 4 heavy (non-hydrogen) atoms. The van der Waals surface area contributed by atoms with Crippen molar-refractivity contribution in [2.45, 2.75) is 6.92 Å². The normalized spacial score (nSPS) is 4.50. The minimum absolute atomic E-state index is 0. The van der Waals surface area contributed by atoms with Crippen molar-refractivity contribution in [2.75, 3.05) is 6.61 Å². The molecule has 22 valence electrons. The molecule has 0 aromatic carbocycles. The number of aliphatic hydroxyl groups is 1. The SMILES string of the molecule is CCO.[CsH]. The minimum atomic E-state index is 0. The quantitative estimate of drug-likeness (QED) is 0.525. The molecule has 0 aliphatic carbocycles. The Labute approximate surface area is 85.2 Å². The number of aliphatic hydroxyl groups excluding tert-OH is 1. The number of hydrogen-bond acceptors (Lipinski definition) is 1. The number of rotatable bonds is 0. The fourth-order valence-electron chi connectivity index (χ4n) is 0. The third kappa shape index (κ3) is 8.99. The Bertz CT molecular complexity index is 6.00.